The lowest BCUT2D eigenvalue weighted by Gasteiger charge is -2.35. The molecule has 1 heterocycles. The molecule has 1 aliphatic heterocycles. The molecule has 0 radical (unpaired) electrons. The summed E-state index contributed by atoms with van der Waals surface area (Å²) in [5.41, 5.74) is 0.413. The van der Waals surface area contributed by atoms with Crippen molar-refractivity contribution in [1.29, 1.82) is 0 Å². The number of ether oxygens (including phenoxy) is 1. The van der Waals surface area contributed by atoms with Crippen LogP contribution in [0.15, 0.2) is 24.3 Å². The number of nitrogens with zero attached hydrogens (tertiary/aromatic N) is 2. The second kappa shape index (κ2) is 10.7. The highest BCUT2D eigenvalue weighted by Crippen LogP contribution is 2.23. The third-order valence-electron chi connectivity index (χ3n) is 5.19. The second-order valence-corrected chi connectivity index (χ2v) is 9.18. The molecule has 8 heteroatoms. The van der Waals surface area contributed by atoms with Gasteiger partial charge < -0.3 is 15.0 Å². The van der Waals surface area contributed by atoms with E-state index >= 15 is 0 Å². The molecule has 1 aliphatic rings. The Morgan fingerprint density at radius 1 is 1.36 bits per heavy atom. The molecule has 0 aliphatic carbocycles. The van der Waals surface area contributed by atoms with E-state index in [0.717, 1.165) is 36.5 Å². The Bertz CT molecular complexity index is 739. The Morgan fingerprint density at radius 2 is 2.14 bits per heavy atom. The SMILES string of the molecule is CCC1CCCCN1CCCNC(=O)CN(c1cccc(OC)c1)S(C)(=O)=O. The minimum atomic E-state index is -3.59. The lowest BCUT2D eigenvalue weighted by atomic mass is 10.00. The summed E-state index contributed by atoms with van der Waals surface area (Å²) in [6.45, 7) is 4.62. The Hall–Kier alpha value is -1.80. The van der Waals surface area contributed by atoms with Gasteiger partial charge >= 0.3 is 0 Å². The van der Waals surface area contributed by atoms with Gasteiger partial charge in [0.05, 0.1) is 19.1 Å². The first kappa shape index (κ1) is 22.5. The molecule has 7 nitrogen and oxygen atoms in total. The monoisotopic (exact) mass is 411 g/mol. The first-order valence-electron chi connectivity index (χ1n) is 9.97. The first-order chi connectivity index (χ1) is 13.3. The quantitative estimate of drug-likeness (QED) is 0.598. The first-order valence-corrected chi connectivity index (χ1v) is 11.8. The summed E-state index contributed by atoms with van der Waals surface area (Å²) in [6.07, 6.45) is 6.92. The van der Waals surface area contributed by atoms with E-state index in [1.807, 2.05) is 0 Å². The van der Waals surface area contributed by atoms with E-state index in [9.17, 15) is 13.2 Å². The highest BCUT2D eigenvalue weighted by Gasteiger charge is 2.22. The van der Waals surface area contributed by atoms with Gasteiger partial charge in [-0.1, -0.05) is 19.4 Å². The molecule has 158 valence electrons. The average Bonchev–Trinajstić information content (AvgIpc) is 2.68. The number of likely N-dealkylation sites (tertiary alicyclic amines) is 1. The van der Waals surface area contributed by atoms with Crippen molar-refractivity contribution in [3.63, 3.8) is 0 Å². The Morgan fingerprint density at radius 3 is 2.82 bits per heavy atom. The van der Waals surface area contributed by atoms with Crippen LogP contribution >= 0.6 is 0 Å². The molecule has 0 spiro atoms. The highest BCUT2D eigenvalue weighted by molar-refractivity contribution is 7.92. The Kier molecular flexibility index (Phi) is 8.57. The summed E-state index contributed by atoms with van der Waals surface area (Å²) in [7, 11) is -2.07. The van der Waals surface area contributed by atoms with Crippen molar-refractivity contribution >= 4 is 21.6 Å². The van der Waals surface area contributed by atoms with Gasteiger partial charge in [-0.2, -0.15) is 0 Å². The number of amides is 1. The molecule has 1 fully saturated rings. The number of sulfonamides is 1. The number of anilines is 1. The van der Waals surface area contributed by atoms with Gasteiger partial charge in [0.2, 0.25) is 15.9 Å². The van der Waals surface area contributed by atoms with Crippen LogP contribution in [0.3, 0.4) is 0 Å². The van der Waals surface area contributed by atoms with Gasteiger partial charge in [0, 0.05) is 25.2 Å². The van der Waals surface area contributed by atoms with E-state index in [-0.39, 0.29) is 12.5 Å². The van der Waals surface area contributed by atoms with Crippen LogP contribution in [0.1, 0.15) is 39.0 Å². The van der Waals surface area contributed by atoms with Gasteiger partial charge in [-0.15, -0.1) is 0 Å². The number of carbonyl (C=O) groups excluding carboxylic acids is 1. The number of methoxy groups -OCH3 is 1. The zero-order valence-electron chi connectivity index (χ0n) is 17.2. The summed E-state index contributed by atoms with van der Waals surface area (Å²) in [5, 5.41) is 2.85. The number of benzene rings is 1. The van der Waals surface area contributed by atoms with Crippen LogP contribution in [0.4, 0.5) is 5.69 Å². The molecule has 1 aromatic rings. The fourth-order valence-electron chi connectivity index (χ4n) is 3.68. The van der Waals surface area contributed by atoms with Crippen LogP contribution in [0.5, 0.6) is 5.75 Å². The van der Waals surface area contributed by atoms with Gasteiger partial charge in [0.1, 0.15) is 12.3 Å². The van der Waals surface area contributed by atoms with Crippen molar-refractivity contribution in [3.8, 4) is 5.75 Å². The van der Waals surface area contributed by atoms with Crippen molar-refractivity contribution in [2.45, 2.75) is 45.1 Å². The van der Waals surface area contributed by atoms with Crippen molar-refractivity contribution in [1.82, 2.24) is 10.2 Å². The molecule has 1 atom stereocenters. The van der Waals surface area contributed by atoms with Crippen molar-refractivity contribution in [2.24, 2.45) is 0 Å². The number of nitrogens with one attached hydrogen (secondary N) is 1. The van der Waals surface area contributed by atoms with Gasteiger partial charge in [-0.05, 0) is 44.4 Å². The Balaban J connectivity index is 1.86. The molecule has 1 N–H and O–H groups in total. The Labute approximate surface area is 169 Å². The smallest absolute Gasteiger partial charge is 0.240 e. The van der Waals surface area contributed by atoms with E-state index in [2.05, 4.69) is 17.1 Å². The molecule has 1 saturated heterocycles. The third kappa shape index (κ3) is 6.67. The predicted octanol–water partition coefficient (Wildman–Crippen LogP) is 2.23. The van der Waals surface area contributed by atoms with Gasteiger partial charge in [0.15, 0.2) is 0 Å². The minimum Gasteiger partial charge on any atom is -0.497 e. The third-order valence-corrected chi connectivity index (χ3v) is 6.33. The topological polar surface area (TPSA) is 79.0 Å². The van der Waals surface area contributed by atoms with Crippen LogP contribution in [0.25, 0.3) is 0 Å². The number of carbonyl (C=O) groups is 1. The predicted molar refractivity (Wildman–Crippen MR) is 112 cm³/mol. The molecule has 2 rings (SSSR count). The van der Waals surface area contributed by atoms with E-state index in [0.29, 0.717) is 24.0 Å². The van der Waals surface area contributed by atoms with Crippen molar-refractivity contribution < 1.29 is 17.9 Å². The number of piperidine rings is 1. The maximum atomic E-state index is 12.3. The number of hydrogen-bond donors (Lipinski definition) is 1. The lowest BCUT2D eigenvalue weighted by molar-refractivity contribution is -0.119. The fraction of sp³-hybridized carbons (Fsp3) is 0.650. The average molecular weight is 412 g/mol. The van der Waals surface area contributed by atoms with Crippen LogP contribution < -0.4 is 14.4 Å². The molecule has 1 unspecified atom stereocenters. The molecular formula is C20H33N3O4S. The van der Waals surface area contributed by atoms with Crippen molar-refractivity contribution in [2.75, 3.05) is 43.8 Å². The zero-order valence-corrected chi connectivity index (χ0v) is 18.0. The number of hydrogen-bond acceptors (Lipinski definition) is 5. The standard InChI is InChI=1S/C20H33N3O4S/c1-4-17-9-5-6-13-22(17)14-8-12-21-20(24)16-23(28(3,25)26)18-10-7-11-19(15-18)27-2/h7,10-11,15,17H,4-6,8-9,12-14,16H2,1-3H3,(H,21,24). The normalized spacial score (nSPS) is 17.9. The minimum absolute atomic E-state index is 0.243. The van der Waals surface area contributed by atoms with Gasteiger partial charge in [-0.3, -0.25) is 9.10 Å². The maximum absolute atomic E-state index is 12.3. The molecular weight excluding hydrogens is 378 g/mol. The van der Waals surface area contributed by atoms with E-state index in [4.69, 9.17) is 4.74 Å². The van der Waals surface area contributed by atoms with Crippen molar-refractivity contribution in [3.05, 3.63) is 24.3 Å². The van der Waals surface area contributed by atoms with Gasteiger partial charge in [0.25, 0.3) is 0 Å². The van der Waals surface area contributed by atoms with Crippen LogP contribution in [0.2, 0.25) is 0 Å². The molecule has 0 aromatic heterocycles. The van der Waals surface area contributed by atoms with Gasteiger partial charge in [-0.25, -0.2) is 8.42 Å². The number of rotatable bonds is 10. The molecule has 28 heavy (non-hydrogen) atoms. The summed E-state index contributed by atoms with van der Waals surface area (Å²) in [6, 6.07) is 7.34. The summed E-state index contributed by atoms with van der Waals surface area (Å²) < 4.78 is 30.6. The summed E-state index contributed by atoms with van der Waals surface area (Å²) in [5.74, 6) is 0.234. The molecule has 1 amide bonds. The second-order valence-electron chi connectivity index (χ2n) is 7.27. The maximum Gasteiger partial charge on any atom is 0.240 e. The van der Waals surface area contributed by atoms with E-state index < -0.39 is 10.0 Å². The molecule has 0 bridgehead atoms. The van der Waals surface area contributed by atoms with E-state index in [1.54, 1.807) is 24.3 Å². The van der Waals surface area contributed by atoms with Crippen LogP contribution in [-0.4, -0.2) is 64.8 Å². The largest absolute Gasteiger partial charge is 0.497 e. The summed E-state index contributed by atoms with van der Waals surface area (Å²) >= 11 is 0. The molecule has 1 aromatic carbocycles. The van der Waals surface area contributed by atoms with Crippen LogP contribution in [-0.2, 0) is 14.8 Å². The van der Waals surface area contributed by atoms with E-state index in [1.165, 1.54) is 26.4 Å². The highest BCUT2D eigenvalue weighted by atomic mass is 32.2. The lowest BCUT2D eigenvalue weighted by Crippen LogP contribution is -2.42. The zero-order chi connectivity index (χ0) is 20.6. The van der Waals surface area contributed by atoms with Crippen LogP contribution in [0, 0.1) is 0 Å². The summed E-state index contributed by atoms with van der Waals surface area (Å²) in [4.78, 5) is 14.8. The fourth-order valence-corrected chi connectivity index (χ4v) is 4.53. The molecule has 0 saturated carbocycles.